The van der Waals surface area contributed by atoms with E-state index in [1.54, 1.807) is 12.1 Å². The standard InChI is InChI=1S/C26H29NO4S/c1-26(2,3)23-15-10-16-24(25(23)31-18-22-17-30-22)27(21-13-8-5-9-14-21)32(28,29)19-20-11-6-4-7-12-20/h4-16,22H,17-19H2,1-3H3. The van der Waals surface area contributed by atoms with Crippen molar-refractivity contribution in [1.29, 1.82) is 0 Å². The van der Waals surface area contributed by atoms with Gasteiger partial charge in [-0.1, -0.05) is 81.4 Å². The predicted octanol–water partition coefficient (Wildman–Crippen LogP) is 5.43. The molecule has 4 rings (SSSR count). The first-order valence-corrected chi connectivity index (χ1v) is 12.4. The quantitative estimate of drug-likeness (QED) is 0.429. The van der Waals surface area contributed by atoms with Crippen LogP contribution in [-0.4, -0.2) is 27.7 Å². The maximum atomic E-state index is 13.8. The zero-order valence-corrected chi connectivity index (χ0v) is 19.5. The van der Waals surface area contributed by atoms with E-state index in [0.29, 0.717) is 30.3 Å². The minimum atomic E-state index is -3.77. The van der Waals surface area contributed by atoms with E-state index in [9.17, 15) is 8.42 Å². The number of nitrogens with zero attached hydrogens (tertiary/aromatic N) is 1. The van der Waals surface area contributed by atoms with Gasteiger partial charge in [-0.2, -0.15) is 0 Å². The first-order chi connectivity index (χ1) is 15.3. The third kappa shape index (κ3) is 5.14. The molecule has 0 N–H and O–H groups in total. The summed E-state index contributed by atoms with van der Waals surface area (Å²) in [7, 11) is -3.77. The monoisotopic (exact) mass is 451 g/mol. The van der Waals surface area contributed by atoms with E-state index in [1.165, 1.54) is 4.31 Å². The molecule has 168 valence electrons. The molecule has 1 atom stereocenters. The Labute approximate surface area is 190 Å². The number of ether oxygens (including phenoxy) is 2. The molecule has 0 aliphatic carbocycles. The highest BCUT2D eigenvalue weighted by Crippen LogP contribution is 2.43. The van der Waals surface area contributed by atoms with Gasteiger partial charge in [-0.15, -0.1) is 0 Å². The van der Waals surface area contributed by atoms with Crippen molar-refractivity contribution in [1.82, 2.24) is 0 Å². The molecule has 0 amide bonds. The van der Waals surface area contributed by atoms with E-state index >= 15 is 0 Å². The number of epoxide rings is 1. The summed E-state index contributed by atoms with van der Waals surface area (Å²) >= 11 is 0. The van der Waals surface area contributed by atoms with Crippen molar-refractivity contribution in [2.24, 2.45) is 0 Å². The number of hydrogen-bond donors (Lipinski definition) is 0. The topological polar surface area (TPSA) is 59.1 Å². The molecule has 3 aromatic rings. The highest BCUT2D eigenvalue weighted by atomic mass is 32.2. The van der Waals surface area contributed by atoms with Crippen LogP contribution in [0.5, 0.6) is 5.75 Å². The van der Waals surface area contributed by atoms with Crippen LogP contribution in [0.2, 0.25) is 0 Å². The summed E-state index contributed by atoms with van der Waals surface area (Å²) in [5, 5.41) is 0. The largest absolute Gasteiger partial charge is 0.488 e. The summed E-state index contributed by atoms with van der Waals surface area (Å²) in [6, 6.07) is 24.1. The number of rotatable bonds is 8. The van der Waals surface area contributed by atoms with Crippen molar-refractivity contribution in [3.8, 4) is 5.75 Å². The van der Waals surface area contributed by atoms with E-state index in [2.05, 4.69) is 20.8 Å². The minimum absolute atomic E-state index is 0.0574. The molecule has 1 aliphatic heterocycles. The maximum Gasteiger partial charge on any atom is 0.243 e. The first kappa shape index (κ1) is 22.4. The number of sulfonamides is 1. The van der Waals surface area contributed by atoms with Gasteiger partial charge >= 0.3 is 0 Å². The number of anilines is 2. The molecule has 32 heavy (non-hydrogen) atoms. The second-order valence-electron chi connectivity index (χ2n) is 9.01. The van der Waals surface area contributed by atoms with Crippen LogP contribution in [-0.2, 0) is 25.9 Å². The average molecular weight is 452 g/mol. The lowest BCUT2D eigenvalue weighted by Crippen LogP contribution is -2.29. The van der Waals surface area contributed by atoms with E-state index < -0.39 is 10.0 Å². The Kier molecular flexibility index (Phi) is 6.26. The third-order valence-corrected chi connectivity index (χ3v) is 6.96. The molecule has 0 saturated carbocycles. The summed E-state index contributed by atoms with van der Waals surface area (Å²) in [5.74, 6) is 0.462. The van der Waals surface area contributed by atoms with Gasteiger partial charge in [0.25, 0.3) is 0 Å². The van der Waals surface area contributed by atoms with Crippen LogP contribution >= 0.6 is 0 Å². The third-order valence-electron chi connectivity index (χ3n) is 5.30. The van der Waals surface area contributed by atoms with Gasteiger partial charge in [0.15, 0.2) is 0 Å². The van der Waals surface area contributed by atoms with Gasteiger partial charge in [-0.3, -0.25) is 0 Å². The smallest absolute Gasteiger partial charge is 0.243 e. The Balaban J connectivity index is 1.86. The Morgan fingerprint density at radius 3 is 2.16 bits per heavy atom. The van der Waals surface area contributed by atoms with Crippen molar-refractivity contribution >= 4 is 21.4 Å². The number of para-hydroxylation sites is 2. The van der Waals surface area contributed by atoms with Gasteiger partial charge in [0, 0.05) is 5.56 Å². The van der Waals surface area contributed by atoms with E-state index in [1.807, 2.05) is 66.7 Å². The second-order valence-corrected chi connectivity index (χ2v) is 10.8. The Morgan fingerprint density at radius 1 is 0.938 bits per heavy atom. The summed E-state index contributed by atoms with van der Waals surface area (Å²) < 4.78 is 40.6. The molecule has 3 aromatic carbocycles. The second kappa shape index (κ2) is 8.96. The van der Waals surface area contributed by atoms with Crippen molar-refractivity contribution < 1.29 is 17.9 Å². The van der Waals surface area contributed by atoms with Gasteiger partial charge < -0.3 is 9.47 Å². The zero-order valence-electron chi connectivity index (χ0n) is 18.7. The van der Waals surface area contributed by atoms with Crippen LogP contribution in [0.1, 0.15) is 31.9 Å². The number of benzene rings is 3. The van der Waals surface area contributed by atoms with Crippen LogP contribution in [0.25, 0.3) is 0 Å². The fourth-order valence-corrected chi connectivity index (χ4v) is 5.26. The summed E-state index contributed by atoms with van der Waals surface area (Å²) in [6.07, 6.45) is 0.0574. The van der Waals surface area contributed by atoms with E-state index in [4.69, 9.17) is 9.47 Å². The molecule has 0 spiro atoms. The molecule has 5 nitrogen and oxygen atoms in total. The van der Waals surface area contributed by atoms with E-state index in [0.717, 1.165) is 11.1 Å². The summed E-state index contributed by atoms with van der Waals surface area (Å²) in [4.78, 5) is 0. The lowest BCUT2D eigenvalue weighted by Gasteiger charge is -2.30. The van der Waals surface area contributed by atoms with Gasteiger partial charge in [0.1, 0.15) is 18.5 Å². The van der Waals surface area contributed by atoms with E-state index in [-0.39, 0.29) is 17.3 Å². The molecule has 1 heterocycles. The van der Waals surface area contributed by atoms with Crippen LogP contribution in [0.3, 0.4) is 0 Å². The molecule has 1 saturated heterocycles. The van der Waals surface area contributed by atoms with Gasteiger partial charge in [-0.25, -0.2) is 12.7 Å². The lowest BCUT2D eigenvalue weighted by atomic mass is 9.86. The summed E-state index contributed by atoms with van der Waals surface area (Å²) in [6.45, 7) is 7.34. The van der Waals surface area contributed by atoms with Crippen molar-refractivity contribution in [3.63, 3.8) is 0 Å². The molecule has 0 radical (unpaired) electrons. The van der Waals surface area contributed by atoms with Gasteiger partial charge in [0.05, 0.1) is 23.7 Å². The molecule has 0 bridgehead atoms. The highest BCUT2D eigenvalue weighted by molar-refractivity contribution is 7.92. The summed E-state index contributed by atoms with van der Waals surface area (Å²) in [5.41, 5.74) is 2.53. The molecule has 1 unspecified atom stereocenters. The predicted molar refractivity (Wildman–Crippen MR) is 128 cm³/mol. The Morgan fingerprint density at radius 2 is 1.56 bits per heavy atom. The normalized spacial score (nSPS) is 15.9. The van der Waals surface area contributed by atoms with Crippen LogP contribution in [0.15, 0.2) is 78.9 Å². The average Bonchev–Trinajstić information content (AvgIpc) is 3.57. The molecule has 1 fully saturated rings. The van der Waals surface area contributed by atoms with Crippen LogP contribution in [0.4, 0.5) is 11.4 Å². The fraction of sp³-hybridized carbons (Fsp3) is 0.308. The fourth-order valence-electron chi connectivity index (χ4n) is 3.63. The lowest BCUT2D eigenvalue weighted by molar-refractivity contribution is 0.259. The first-order valence-electron chi connectivity index (χ1n) is 10.8. The van der Waals surface area contributed by atoms with Gasteiger partial charge in [0.2, 0.25) is 10.0 Å². The SMILES string of the molecule is CC(C)(C)c1cccc(N(c2ccccc2)S(=O)(=O)Cc2ccccc2)c1OCC1CO1. The van der Waals surface area contributed by atoms with Crippen molar-refractivity contribution in [2.75, 3.05) is 17.5 Å². The maximum absolute atomic E-state index is 13.8. The molecular weight excluding hydrogens is 422 g/mol. The number of hydrogen-bond acceptors (Lipinski definition) is 4. The van der Waals surface area contributed by atoms with Crippen LogP contribution in [0, 0.1) is 0 Å². The van der Waals surface area contributed by atoms with Crippen LogP contribution < -0.4 is 9.04 Å². The molecule has 6 heteroatoms. The molecule has 1 aliphatic rings. The highest BCUT2D eigenvalue weighted by Gasteiger charge is 2.32. The van der Waals surface area contributed by atoms with Crippen molar-refractivity contribution in [3.05, 3.63) is 90.0 Å². The minimum Gasteiger partial charge on any atom is -0.488 e. The Bertz CT molecular complexity index is 1150. The van der Waals surface area contributed by atoms with Gasteiger partial charge in [-0.05, 0) is 29.2 Å². The molecular formula is C26H29NO4S. The molecule has 0 aromatic heterocycles. The van der Waals surface area contributed by atoms with Crippen molar-refractivity contribution in [2.45, 2.75) is 38.0 Å². The zero-order chi connectivity index (χ0) is 22.8. The Hall–Kier alpha value is -2.83.